The van der Waals surface area contributed by atoms with Crippen LogP contribution in [0.1, 0.15) is 94.1 Å². The number of aryl methyl sites for hydroxylation is 1. The van der Waals surface area contributed by atoms with Gasteiger partial charge in [-0.3, -0.25) is 0 Å². The molecule has 4 atom stereocenters. The van der Waals surface area contributed by atoms with Crippen LogP contribution in [0.3, 0.4) is 0 Å². The summed E-state index contributed by atoms with van der Waals surface area (Å²) in [5, 5.41) is 14.3. The molecule has 0 saturated heterocycles. The molecule has 0 amide bonds. The highest BCUT2D eigenvalue weighted by atomic mass is 16.5. The minimum atomic E-state index is -0.440. The van der Waals surface area contributed by atoms with Gasteiger partial charge in [-0.25, -0.2) is 0 Å². The van der Waals surface area contributed by atoms with Gasteiger partial charge in [0.1, 0.15) is 5.75 Å². The molecule has 3 heteroatoms. The van der Waals surface area contributed by atoms with E-state index in [1.165, 1.54) is 37.7 Å². The molecular weight excluding hydrogens is 406 g/mol. The summed E-state index contributed by atoms with van der Waals surface area (Å²) in [7, 11) is 1.67. The molecule has 0 bridgehead atoms. The summed E-state index contributed by atoms with van der Waals surface area (Å²) < 4.78 is 5.22. The van der Waals surface area contributed by atoms with Crippen LogP contribution in [0.25, 0.3) is 0 Å². The minimum absolute atomic E-state index is 0.278. The fourth-order valence-corrected chi connectivity index (χ4v) is 6.82. The van der Waals surface area contributed by atoms with E-state index in [2.05, 4.69) is 51.2 Å². The van der Waals surface area contributed by atoms with E-state index in [4.69, 9.17) is 4.74 Å². The van der Waals surface area contributed by atoms with Crippen LogP contribution in [0.15, 0.2) is 42.5 Å². The third-order valence-electron chi connectivity index (χ3n) is 8.79. The lowest BCUT2D eigenvalue weighted by molar-refractivity contribution is 0.0252. The van der Waals surface area contributed by atoms with Crippen molar-refractivity contribution < 1.29 is 9.84 Å². The average Bonchev–Trinajstić information content (AvgIpc) is 2.81. The van der Waals surface area contributed by atoms with Crippen molar-refractivity contribution in [1.82, 2.24) is 5.32 Å². The molecule has 3 nitrogen and oxygen atoms in total. The SMILES string of the molecule is COc1ccc(C(O)CCNC[C@]2(C)CCC[C@]3(C)c4ccc(C(C)C)cc4CC[C@@H]23)cc1. The van der Waals surface area contributed by atoms with Gasteiger partial charge in [-0.05, 0) is 95.7 Å². The molecule has 2 aromatic rings. The summed E-state index contributed by atoms with van der Waals surface area (Å²) >= 11 is 0. The molecule has 2 N–H and O–H groups in total. The predicted molar refractivity (Wildman–Crippen MR) is 137 cm³/mol. The van der Waals surface area contributed by atoms with Crippen molar-refractivity contribution in [3.8, 4) is 5.75 Å². The highest BCUT2D eigenvalue weighted by molar-refractivity contribution is 5.42. The lowest BCUT2D eigenvalue weighted by Crippen LogP contribution is -2.52. The first-order valence-corrected chi connectivity index (χ1v) is 12.9. The molecule has 2 aliphatic rings. The van der Waals surface area contributed by atoms with Crippen LogP contribution in [-0.2, 0) is 11.8 Å². The minimum Gasteiger partial charge on any atom is -0.497 e. The molecule has 0 aliphatic heterocycles. The lowest BCUT2D eigenvalue weighted by Gasteiger charge is -2.55. The summed E-state index contributed by atoms with van der Waals surface area (Å²) in [6, 6.07) is 15.1. The van der Waals surface area contributed by atoms with E-state index in [0.717, 1.165) is 30.8 Å². The zero-order valence-corrected chi connectivity index (χ0v) is 21.3. The monoisotopic (exact) mass is 449 g/mol. The highest BCUT2D eigenvalue weighted by Crippen LogP contribution is 2.57. The summed E-state index contributed by atoms with van der Waals surface area (Å²) in [6.07, 6.45) is 6.68. The van der Waals surface area contributed by atoms with E-state index >= 15 is 0 Å². The first-order chi connectivity index (χ1) is 15.8. The number of hydrogen-bond donors (Lipinski definition) is 2. The maximum Gasteiger partial charge on any atom is 0.118 e. The maximum absolute atomic E-state index is 10.6. The van der Waals surface area contributed by atoms with Gasteiger partial charge in [-0.2, -0.15) is 0 Å². The van der Waals surface area contributed by atoms with Crippen molar-refractivity contribution in [1.29, 1.82) is 0 Å². The molecule has 33 heavy (non-hydrogen) atoms. The summed E-state index contributed by atoms with van der Waals surface area (Å²) in [6.45, 7) is 11.5. The fraction of sp³-hybridized carbons (Fsp3) is 0.600. The number of ether oxygens (including phenoxy) is 1. The van der Waals surface area contributed by atoms with Gasteiger partial charge in [-0.15, -0.1) is 0 Å². The summed E-state index contributed by atoms with van der Waals surface area (Å²) in [5.74, 6) is 2.12. The number of aliphatic hydroxyl groups is 1. The Hall–Kier alpha value is -1.84. The Kier molecular flexibility index (Phi) is 7.21. The van der Waals surface area contributed by atoms with Crippen molar-refractivity contribution >= 4 is 0 Å². The number of methoxy groups -OCH3 is 1. The Morgan fingerprint density at radius 2 is 1.79 bits per heavy atom. The van der Waals surface area contributed by atoms with Gasteiger partial charge in [0.25, 0.3) is 0 Å². The molecule has 0 aromatic heterocycles. The molecule has 1 saturated carbocycles. The number of aliphatic hydroxyl groups excluding tert-OH is 1. The number of rotatable bonds is 8. The van der Waals surface area contributed by atoms with Crippen molar-refractivity contribution in [2.75, 3.05) is 20.2 Å². The Bertz CT molecular complexity index is 937. The Morgan fingerprint density at radius 1 is 1.06 bits per heavy atom. The third kappa shape index (κ3) is 4.86. The molecule has 2 aromatic carbocycles. The number of fused-ring (bicyclic) bond motifs is 3. The Morgan fingerprint density at radius 3 is 2.48 bits per heavy atom. The highest BCUT2D eigenvalue weighted by Gasteiger charge is 2.51. The molecule has 0 heterocycles. The number of hydrogen-bond acceptors (Lipinski definition) is 3. The van der Waals surface area contributed by atoms with Gasteiger partial charge in [-0.1, -0.05) is 64.4 Å². The van der Waals surface area contributed by atoms with E-state index < -0.39 is 6.10 Å². The summed E-state index contributed by atoms with van der Waals surface area (Å²) in [5.41, 5.74) is 6.22. The standard InChI is InChI=1S/C30H43NO2/c1-21(2)23-9-13-26-24(19-23)10-14-28-29(3,16-6-17-30(26,28)4)20-31-18-15-27(32)22-7-11-25(33-5)12-8-22/h7-9,11-13,19,21,27-28,31-32H,6,10,14-18,20H2,1-5H3/t27?,28-,29-,30+/m0/s1. The van der Waals surface area contributed by atoms with Crippen LogP contribution in [0.5, 0.6) is 5.75 Å². The quantitative estimate of drug-likeness (QED) is 0.450. The average molecular weight is 450 g/mol. The van der Waals surface area contributed by atoms with Crippen LogP contribution < -0.4 is 10.1 Å². The van der Waals surface area contributed by atoms with E-state index in [1.807, 2.05) is 24.3 Å². The summed E-state index contributed by atoms with van der Waals surface area (Å²) in [4.78, 5) is 0. The van der Waals surface area contributed by atoms with Gasteiger partial charge in [0.2, 0.25) is 0 Å². The van der Waals surface area contributed by atoms with E-state index in [1.54, 1.807) is 18.2 Å². The van der Waals surface area contributed by atoms with Crippen LogP contribution in [0.4, 0.5) is 0 Å². The van der Waals surface area contributed by atoms with E-state index in [-0.39, 0.29) is 5.41 Å². The normalized spacial score (nSPS) is 27.7. The van der Waals surface area contributed by atoms with Crippen molar-refractivity contribution in [2.24, 2.45) is 11.3 Å². The van der Waals surface area contributed by atoms with E-state index in [9.17, 15) is 5.11 Å². The maximum atomic E-state index is 10.6. The van der Waals surface area contributed by atoms with Crippen molar-refractivity contribution in [3.05, 3.63) is 64.7 Å². The molecule has 4 rings (SSSR count). The second-order valence-electron chi connectivity index (χ2n) is 11.3. The third-order valence-corrected chi connectivity index (χ3v) is 8.79. The number of benzene rings is 2. The van der Waals surface area contributed by atoms with Gasteiger partial charge in [0, 0.05) is 6.54 Å². The second kappa shape index (κ2) is 9.80. The predicted octanol–water partition coefficient (Wildman–Crippen LogP) is 6.54. The number of nitrogens with one attached hydrogen (secondary N) is 1. The van der Waals surface area contributed by atoms with Crippen LogP contribution >= 0.6 is 0 Å². The van der Waals surface area contributed by atoms with Gasteiger partial charge < -0.3 is 15.2 Å². The van der Waals surface area contributed by atoms with Crippen molar-refractivity contribution in [3.63, 3.8) is 0 Å². The van der Waals surface area contributed by atoms with Crippen LogP contribution in [0.2, 0.25) is 0 Å². The lowest BCUT2D eigenvalue weighted by atomic mass is 9.49. The second-order valence-corrected chi connectivity index (χ2v) is 11.3. The first-order valence-electron chi connectivity index (χ1n) is 12.9. The molecule has 0 spiro atoms. The molecule has 0 radical (unpaired) electrons. The van der Waals surface area contributed by atoms with E-state index in [0.29, 0.717) is 17.3 Å². The zero-order chi connectivity index (χ0) is 23.6. The van der Waals surface area contributed by atoms with Crippen LogP contribution in [-0.4, -0.2) is 25.3 Å². The largest absolute Gasteiger partial charge is 0.497 e. The van der Waals surface area contributed by atoms with Gasteiger partial charge in [0.15, 0.2) is 0 Å². The molecule has 180 valence electrons. The molecular formula is C30H43NO2. The smallest absolute Gasteiger partial charge is 0.118 e. The van der Waals surface area contributed by atoms with Gasteiger partial charge in [0.05, 0.1) is 13.2 Å². The van der Waals surface area contributed by atoms with Crippen LogP contribution in [0, 0.1) is 11.3 Å². The topological polar surface area (TPSA) is 41.5 Å². The fourth-order valence-electron chi connectivity index (χ4n) is 6.82. The zero-order valence-electron chi connectivity index (χ0n) is 21.3. The molecule has 1 fully saturated rings. The van der Waals surface area contributed by atoms with Gasteiger partial charge >= 0.3 is 0 Å². The first kappa shape index (κ1) is 24.3. The molecule has 1 unspecified atom stereocenters. The van der Waals surface area contributed by atoms with Crippen molar-refractivity contribution in [2.45, 2.75) is 83.7 Å². The molecule has 2 aliphatic carbocycles. The Labute approximate surface area is 201 Å². The Balaban J connectivity index is 1.39.